The van der Waals surface area contributed by atoms with Gasteiger partial charge >= 0.3 is 5.97 Å². The van der Waals surface area contributed by atoms with Gasteiger partial charge in [0.15, 0.2) is 11.5 Å². The molecule has 0 bridgehead atoms. The molecule has 0 saturated heterocycles. The van der Waals surface area contributed by atoms with Crippen LogP contribution in [0.5, 0.6) is 11.5 Å². The number of halogens is 1. The van der Waals surface area contributed by atoms with Crippen molar-refractivity contribution in [3.63, 3.8) is 0 Å². The van der Waals surface area contributed by atoms with Gasteiger partial charge in [-0.25, -0.2) is 14.5 Å². The van der Waals surface area contributed by atoms with Crippen LogP contribution in [0.1, 0.15) is 27.3 Å². The maximum Gasteiger partial charge on any atom is 0.343 e. The Morgan fingerprint density at radius 3 is 2.61 bits per heavy atom. The van der Waals surface area contributed by atoms with Gasteiger partial charge in [-0.2, -0.15) is 5.10 Å². The maximum absolute atomic E-state index is 12.8. The van der Waals surface area contributed by atoms with E-state index in [0.29, 0.717) is 29.4 Å². The number of esters is 1. The smallest absolute Gasteiger partial charge is 0.343 e. The number of nitrogens with zero attached hydrogens (tertiary/aromatic N) is 3. The number of ether oxygens (including phenoxy) is 3. The van der Waals surface area contributed by atoms with Crippen LogP contribution < -0.4 is 9.47 Å². The standard InChI is InChI=1S/C24H22ClN3O4S/c1-15-20(22(25)28(27-15)12-16-8-5-4-6-9-16)24(29)32-13-17-14-33-23(26-17)18-10-7-11-19(30-2)21(18)31-3/h4-11,14H,12-13H2,1-3H3. The van der Waals surface area contributed by atoms with Gasteiger partial charge in [0.25, 0.3) is 0 Å². The molecule has 0 fully saturated rings. The van der Waals surface area contributed by atoms with E-state index in [1.807, 2.05) is 53.9 Å². The lowest BCUT2D eigenvalue weighted by Crippen LogP contribution is -2.07. The SMILES string of the molecule is COc1cccc(-c2nc(COC(=O)c3c(C)nn(Cc4ccccc4)c3Cl)cs2)c1OC. The van der Waals surface area contributed by atoms with Gasteiger partial charge in [-0.05, 0) is 24.6 Å². The van der Waals surface area contributed by atoms with Crippen LogP contribution in [-0.4, -0.2) is 35.0 Å². The largest absolute Gasteiger partial charge is 0.493 e. The fourth-order valence-electron chi connectivity index (χ4n) is 3.41. The molecule has 0 amide bonds. The number of methoxy groups -OCH3 is 2. The van der Waals surface area contributed by atoms with Gasteiger partial charge in [0, 0.05) is 5.38 Å². The van der Waals surface area contributed by atoms with Crippen molar-refractivity contribution in [2.45, 2.75) is 20.1 Å². The van der Waals surface area contributed by atoms with Crippen LogP contribution in [0.4, 0.5) is 0 Å². The minimum Gasteiger partial charge on any atom is -0.493 e. The van der Waals surface area contributed by atoms with Gasteiger partial charge in [-0.15, -0.1) is 11.3 Å². The molecule has 0 aliphatic carbocycles. The molecule has 0 N–H and O–H groups in total. The summed E-state index contributed by atoms with van der Waals surface area (Å²) in [6.07, 6.45) is 0. The van der Waals surface area contributed by atoms with E-state index < -0.39 is 5.97 Å². The quantitative estimate of drug-likeness (QED) is 0.313. The van der Waals surface area contributed by atoms with Crippen molar-refractivity contribution in [3.05, 3.63) is 81.6 Å². The molecule has 0 unspecified atom stereocenters. The zero-order valence-corrected chi connectivity index (χ0v) is 19.9. The number of para-hydroxylation sites is 1. The van der Waals surface area contributed by atoms with Crippen molar-refractivity contribution in [1.29, 1.82) is 0 Å². The Morgan fingerprint density at radius 2 is 1.88 bits per heavy atom. The number of hydrogen-bond donors (Lipinski definition) is 0. The molecular weight excluding hydrogens is 462 g/mol. The third kappa shape index (κ3) is 4.86. The van der Waals surface area contributed by atoms with Gasteiger partial charge in [-0.3, -0.25) is 0 Å². The zero-order chi connectivity index (χ0) is 23.4. The van der Waals surface area contributed by atoms with Crippen LogP contribution in [0.15, 0.2) is 53.9 Å². The second-order valence-electron chi connectivity index (χ2n) is 7.16. The molecule has 0 aliphatic heterocycles. The summed E-state index contributed by atoms with van der Waals surface area (Å²) < 4.78 is 17.9. The van der Waals surface area contributed by atoms with Crippen LogP contribution in [0, 0.1) is 6.92 Å². The highest BCUT2D eigenvalue weighted by molar-refractivity contribution is 7.13. The van der Waals surface area contributed by atoms with Gasteiger partial charge < -0.3 is 14.2 Å². The number of aryl methyl sites for hydroxylation is 1. The summed E-state index contributed by atoms with van der Waals surface area (Å²) in [7, 11) is 3.17. The highest BCUT2D eigenvalue weighted by atomic mass is 35.5. The fraction of sp³-hybridized carbons (Fsp3) is 0.208. The molecule has 2 aromatic heterocycles. The summed E-state index contributed by atoms with van der Waals surface area (Å²) in [5.74, 6) is 0.687. The highest BCUT2D eigenvalue weighted by Crippen LogP contribution is 2.39. The Bertz CT molecular complexity index is 1270. The molecule has 0 atom stereocenters. The predicted octanol–water partition coefficient (Wildman–Crippen LogP) is 5.39. The molecule has 2 heterocycles. The summed E-state index contributed by atoms with van der Waals surface area (Å²) in [6.45, 7) is 2.22. The molecule has 0 spiro atoms. The van der Waals surface area contributed by atoms with E-state index in [2.05, 4.69) is 10.1 Å². The van der Waals surface area contributed by atoms with Crippen LogP contribution in [0.3, 0.4) is 0 Å². The summed E-state index contributed by atoms with van der Waals surface area (Å²) >= 11 is 7.89. The maximum atomic E-state index is 12.8. The van der Waals surface area contributed by atoms with E-state index in [4.69, 9.17) is 25.8 Å². The molecule has 0 radical (unpaired) electrons. The van der Waals surface area contributed by atoms with Crippen molar-refractivity contribution in [2.24, 2.45) is 0 Å². The number of rotatable bonds is 8. The summed E-state index contributed by atoms with van der Waals surface area (Å²) in [6, 6.07) is 15.4. The number of aromatic nitrogens is 3. The molecule has 0 saturated carbocycles. The monoisotopic (exact) mass is 483 g/mol. The van der Waals surface area contributed by atoms with Crippen molar-refractivity contribution in [2.75, 3.05) is 14.2 Å². The number of benzene rings is 2. The van der Waals surface area contributed by atoms with Gasteiger partial charge in [0.05, 0.1) is 37.7 Å². The van der Waals surface area contributed by atoms with Crippen LogP contribution >= 0.6 is 22.9 Å². The van der Waals surface area contributed by atoms with E-state index in [-0.39, 0.29) is 17.3 Å². The first-order valence-electron chi connectivity index (χ1n) is 10.1. The minimum atomic E-state index is -0.537. The number of thiazole rings is 1. The van der Waals surface area contributed by atoms with E-state index in [0.717, 1.165) is 16.1 Å². The molecule has 4 aromatic rings. The fourth-order valence-corrected chi connectivity index (χ4v) is 4.55. The van der Waals surface area contributed by atoms with Gasteiger partial charge in [0.1, 0.15) is 22.3 Å². The van der Waals surface area contributed by atoms with Crippen LogP contribution in [-0.2, 0) is 17.9 Å². The Balaban J connectivity index is 1.47. The van der Waals surface area contributed by atoms with Crippen molar-refractivity contribution in [1.82, 2.24) is 14.8 Å². The third-order valence-electron chi connectivity index (χ3n) is 4.98. The number of carbonyl (C=O) groups is 1. The molecule has 33 heavy (non-hydrogen) atoms. The van der Waals surface area contributed by atoms with Crippen LogP contribution in [0.2, 0.25) is 5.15 Å². The minimum absolute atomic E-state index is 0.0151. The second kappa shape index (κ2) is 10.1. The zero-order valence-electron chi connectivity index (χ0n) is 18.4. The van der Waals surface area contributed by atoms with E-state index in [1.54, 1.807) is 25.8 Å². The lowest BCUT2D eigenvalue weighted by atomic mass is 10.2. The Kier molecular flexibility index (Phi) is 6.96. The molecule has 4 rings (SSSR count). The predicted molar refractivity (Wildman–Crippen MR) is 127 cm³/mol. The normalized spacial score (nSPS) is 10.8. The lowest BCUT2D eigenvalue weighted by molar-refractivity contribution is 0.0467. The Morgan fingerprint density at radius 1 is 1.09 bits per heavy atom. The first-order chi connectivity index (χ1) is 16.0. The molecule has 9 heteroatoms. The second-order valence-corrected chi connectivity index (χ2v) is 8.37. The van der Waals surface area contributed by atoms with Crippen LogP contribution in [0.25, 0.3) is 10.6 Å². The van der Waals surface area contributed by atoms with E-state index in [1.165, 1.54) is 11.3 Å². The van der Waals surface area contributed by atoms with Crippen molar-refractivity contribution in [3.8, 4) is 22.1 Å². The number of carbonyl (C=O) groups excluding carboxylic acids is 1. The Hall–Kier alpha value is -3.36. The van der Waals surface area contributed by atoms with Crippen molar-refractivity contribution >= 4 is 28.9 Å². The first kappa shape index (κ1) is 22.8. The molecule has 2 aromatic carbocycles. The summed E-state index contributed by atoms with van der Waals surface area (Å²) in [4.78, 5) is 17.4. The van der Waals surface area contributed by atoms with Gasteiger partial charge in [-0.1, -0.05) is 48.0 Å². The molecule has 170 valence electrons. The average molecular weight is 484 g/mol. The van der Waals surface area contributed by atoms with Crippen molar-refractivity contribution < 1.29 is 19.0 Å². The van der Waals surface area contributed by atoms with Gasteiger partial charge in [0.2, 0.25) is 0 Å². The third-order valence-corrected chi connectivity index (χ3v) is 6.29. The summed E-state index contributed by atoms with van der Waals surface area (Å²) in [5, 5.41) is 7.24. The highest BCUT2D eigenvalue weighted by Gasteiger charge is 2.22. The lowest BCUT2D eigenvalue weighted by Gasteiger charge is -2.10. The Labute approximate surface area is 200 Å². The number of hydrogen-bond acceptors (Lipinski definition) is 7. The van der Waals surface area contributed by atoms with E-state index >= 15 is 0 Å². The average Bonchev–Trinajstić information content (AvgIpc) is 3.41. The topological polar surface area (TPSA) is 75.5 Å². The van der Waals surface area contributed by atoms with E-state index in [9.17, 15) is 4.79 Å². The molecule has 7 nitrogen and oxygen atoms in total. The summed E-state index contributed by atoms with van der Waals surface area (Å²) in [5.41, 5.74) is 3.24. The first-order valence-corrected chi connectivity index (χ1v) is 11.4. The molecular formula is C24H22ClN3O4S. The molecule has 0 aliphatic rings.